The Morgan fingerprint density at radius 3 is 1.80 bits per heavy atom. The number of nitrogens with one attached hydrogen (secondary N) is 2. The summed E-state index contributed by atoms with van der Waals surface area (Å²) in [6.07, 6.45) is 5.98. The molecular formula is C31H48ClN8O8Pt-. The van der Waals surface area contributed by atoms with Crippen molar-refractivity contribution in [2.24, 2.45) is 17.4 Å². The van der Waals surface area contributed by atoms with Gasteiger partial charge in [-0.1, -0.05) is 63.1 Å². The number of ether oxygens (including phenoxy) is 1. The van der Waals surface area contributed by atoms with Crippen molar-refractivity contribution in [3.8, 4) is 0 Å². The molecule has 0 aliphatic carbocycles. The molecule has 6 N–H and O–H groups in total. The number of halogens is 1. The van der Waals surface area contributed by atoms with Crippen molar-refractivity contribution in [2.75, 3.05) is 45.2 Å². The van der Waals surface area contributed by atoms with Crippen LogP contribution in [0.25, 0.3) is 21.8 Å². The molecule has 3 rings (SSSR count). The molecule has 3 aromatic rings. The van der Waals surface area contributed by atoms with E-state index in [1.165, 1.54) is 0 Å². The molecule has 49 heavy (non-hydrogen) atoms. The number of carbonyl (C=O) groups is 1. The van der Waals surface area contributed by atoms with Gasteiger partial charge >= 0.3 is 34.2 Å². The van der Waals surface area contributed by atoms with Crippen LogP contribution in [0.4, 0.5) is 5.69 Å². The third-order valence-electron chi connectivity index (χ3n) is 6.62. The molecule has 0 saturated heterocycles. The van der Waals surface area contributed by atoms with Gasteiger partial charge in [0.15, 0.2) is 0 Å². The quantitative estimate of drug-likeness (QED) is 0.0270. The Hall–Kier alpha value is -3.85. The average molecular weight is 891 g/mol. The van der Waals surface area contributed by atoms with Gasteiger partial charge in [-0.3, -0.25) is 10.2 Å². The zero-order chi connectivity index (χ0) is 37.6. The van der Waals surface area contributed by atoms with Crippen LogP contribution in [0.3, 0.4) is 0 Å². The van der Waals surface area contributed by atoms with Gasteiger partial charge in [0.25, 0.3) is 0 Å². The number of pyridine rings is 1. The maximum atomic E-state index is 12.3. The number of aromatic nitrogens is 1. The summed E-state index contributed by atoms with van der Waals surface area (Å²) in [5.74, 6) is 0.495. The molecule has 0 saturated carbocycles. The van der Waals surface area contributed by atoms with Crippen molar-refractivity contribution in [1.29, 1.82) is 5.41 Å². The van der Waals surface area contributed by atoms with E-state index < -0.39 is 10.2 Å². The number of carbonyl (C=O) groups excluding carboxylic acids is 1. The second-order valence-electron chi connectivity index (χ2n) is 10.2. The van der Waals surface area contributed by atoms with Crippen LogP contribution >= 0.6 is 9.42 Å². The Balaban J connectivity index is 0. The number of amidine groups is 1. The molecule has 0 bridgehead atoms. The monoisotopic (exact) mass is 890 g/mol. The van der Waals surface area contributed by atoms with Crippen LogP contribution < -0.4 is 16.8 Å². The molecule has 1 aromatic heterocycles. The fourth-order valence-electron chi connectivity index (χ4n) is 4.43. The Labute approximate surface area is 302 Å². The van der Waals surface area contributed by atoms with Gasteiger partial charge in [-0.15, -0.1) is 0 Å². The summed E-state index contributed by atoms with van der Waals surface area (Å²) in [4.78, 5) is 35.5. The molecule has 1 heterocycles. The normalized spacial score (nSPS) is 9.73. The Morgan fingerprint density at radius 2 is 1.39 bits per heavy atom. The number of fused-ring (bicyclic) bond motifs is 2. The van der Waals surface area contributed by atoms with Gasteiger partial charge in [-0.2, -0.15) is 0 Å². The van der Waals surface area contributed by atoms with E-state index in [-0.39, 0.29) is 11.9 Å². The maximum absolute atomic E-state index is 12.3. The van der Waals surface area contributed by atoms with E-state index in [2.05, 4.69) is 40.7 Å². The second kappa shape index (κ2) is 30.2. The van der Waals surface area contributed by atoms with Crippen molar-refractivity contribution in [2.45, 2.75) is 58.8 Å². The molecular weight excluding hydrogens is 843 g/mol. The number of para-hydroxylation sites is 2. The molecule has 278 valence electrons. The minimum atomic E-state index is -1.75. The van der Waals surface area contributed by atoms with Gasteiger partial charge in [0.1, 0.15) is 0 Å². The molecule has 18 heteroatoms. The first kappa shape index (κ1) is 47.3. The van der Waals surface area contributed by atoms with Crippen molar-refractivity contribution in [3.05, 3.63) is 79.2 Å². The van der Waals surface area contributed by atoms with E-state index >= 15 is 0 Å². The summed E-state index contributed by atoms with van der Waals surface area (Å²) in [6.45, 7) is 7.43. The molecule has 0 radical (unpaired) electrons. The standard InChI is InChI=1S/C28H38N4O2.C3H10N2.ClH.2NO3.Pt/c1-4-11-21(12-5-2)28(33)34-20-10-17-26(29)32(3)19-18-30-27-22-13-6-8-15-24(22)31-25-16-9-7-14-23(25)27;4-2-1-3-5;;2*2-1(3)4;/h6-9,13-16,21,29H,4-5,10-12,17-20H2,1-3H3,(H,30,31);1-5H2;1H;;;/q;;;2*-1;+2/p-1. The number of esters is 1. The van der Waals surface area contributed by atoms with Crippen LogP contribution in [-0.2, 0) is 28.3 Å². The molecule has 0 spiro atoms. The Kier molecular flexibility index (Phi) is 29.2. The first-order valence-electron chi connectivity index (χ1n) is 15.5. The predicted octanol–water partition coefficient (Wildman–Crippen LogP) is 5.75. The van der Waals surface area contributed by atoms with E-state index in [0.29, 0.717) is 38.4 Å². The van der Waals surface area contributed by atoms with E-state index in [0.717, 1.165) is 72.7 Å². The van der Waals surface area contributed by atoms with Crippen LogP contribution in [-0.4, -0.2) is 71.7 Å². The zero-order valence-corrected chi connectivity index (χ0v) is 31.1. The van der Waals surface area contributed by atoms with Gasteiger partial charge in [-0.05, 0) is 50.9 Å². The van der Waals surface area contributed by atoms with Crippen molar-refractivity contribution < 1.29 is 38.5 Å². The fraction of sp³-hybridized carbons (Fsp3) is 0.516. The zero-order valence-electron chi connectivity index (χ0n) is 28.1. The van der Waals surface area contributed by atoms with E-state index in [1.807, 2.05) is 48.3 Å². The second-order valence-corrected chi connectivity index (χ2v) is 10.2. The van der Waals surface area contributed by atoms with E-state index in [9.17, 15) is 4.79 Å². The SMILES string of the molecule is CCCC(CCC)C(=O)OCCCC(=N)N(C)CCNc1c2ccccc2nc2ccccc12.NCCCN.O=[N+]([O-])[O-].O=[N+]([O-])[O-].[Cl][Pt+]. The number of rotatable bonds is 15. The topological polar surface area (TPSA) is 263 Å². The third kappa shape index (κ3) is 22.4. The summed E-state index contributed by atoms with van der Waals surface area (Å²) in [7, 11) is 6.55. The molecule has 0 amide bonds. The van der Waals surface area contributed by atoms with Crippen LogP contribution in [0.5, 0.6) is 0 Å². The summed E-state index contributed by atoms with van der Waals surface area (Å²) < 4.78 is 5.49. The van der Waals surface area contributed by atoms with Gasteiger partial charge in [-0.25, -0.2) is 4.98 Å². The number of nitrogens with zero attached hydrogens (tertiary/aromatic N) is 4. The third-order valence-corrected chi connectivity index (χ3v) is 6.62. The first-order chi connectivity index (χ1) is 23.4. The van der Waals surface area contributed by atoms with Gasteiger partial charge in [0, 0.05) is 37.3 Å². The summed E-state index contributed by atoms with van der Waals surface area (Å²) >= 11 is 1.61. The van der Waals surface area contributed by atoms with Gasteiger partial charge in [0.05, 0.1) is 45.3 Å². The summed E-state index contributed by atoms with van der Waals surface area (Å²) in [6, 6.07) is 16.3. The van der Waals surface area contributed by atoms with Crippen molar-refractivity contribution in [1.82, 2.24) is 9.88 Å². The van der Waals surface area contributed by atoms with Crippen LogP contribution in [0.2, 0.25) is 0 Å². The summed E-state index contributed by atoms with van der Waals surface area (Å²) in [5.41, 5.74) is 13.1. The van der Waals surface area contributed by atoms with Crippen molar-refractivity contribution >= 4 is 48.7 Å². The Morgan fingerprint density at radius 1 is 0.939 bits per heavy atom. The fourth-order valence-corrected chi connectivity index (χ4v) is 4.43. The van der Waals surface area contributed by atoms with E-state index in [1.54, 1.807) is 18.8 Å². The first-order valence-corrected chi connectivity index (χ1v) is 18.4. The number of anilines is 1. The van der Waals surface area contributed by atoms with E-state index in [4.69, 9.17) is 57.2 Å². The molecule has 0 atom stereocenters. The van der Waals surface area contributed by atoms with Crippen LogP contribution in [0.1, 0.15) is 58.8 Å². The number of benzene rings is 2. The minimum absolute atomic E-state index is 0.0172. The number of hydrogen-bond acceptors (Lipinski definition) is 13. The summed E-state index contributed by atoms with van der Waals surface area (Å²) in [5, 5.41) is 43.7. The van der Waals surface area contributed by atoms with Crippen molar-refractivity contribution in [3.63, 3.8) is 0 Å². The van der Waals surface area contributed by atoms with Crippen LogP contribution in [0, 0.1) is 42.0 Å². The molecule has 0 aliphatic rings. The molecule has 0 fully saturated rings. The average Bonchev–Trinajstić information content (AvgIpc) is 3.07. The van der Waals surface area contributed by atoms with Crippen LogP contribution in [0.15, 0.2) is 48.5 Å². The predicted molar refractivity (Wildman–Crippen MR) is 191 cm³/mol. The molecule has 0 aliphatic heterocycles. The molecule has 2 aromatic carbocycles. The van der Waals surface area contributed by atoms with Gasteiger partial charge < -0.3 is 57.1 Å². The van der Waals surface area contributed by atoms with Gasteiger partial charge in [0.2, 0.25) is 0 Å². The molecule has 0 unspecified atom stereocenters. The number of nitrogens with two attached hydrogens (primary N) is 2. The Bertz CT molecular complexity index is 1290. The molecule has 16 nitrogen and oxygen atoms in total. The number of hydrogen-bond donors (Lipinski definition) is 4. The number of likely N-dealkylation sites (N-methyl/N-ethyl adjacent to an activating group) is 1.